The van der Waals surface area contributed by atoms with Crippen LogP contribution in [0.4, 0.5) is 0 Å². The second-order valence-corrected chi connectivity index (χ2v) is 7.08. The molecule has 0 saturated carbocycles. The molecular formula is C20H23ClN2O2. The number of fused-ring (bicyclic) bond motifs is 1. The molecule has 0 aliphatic heterocycles. The lowest BCUT2D eigenvalue weighted by Gasteiger charge is -2.26. The first-order chi connectivity index (χ1) is 12.0. The van der Waals surface area contributed by atoms with E-state index in [1.54, 1.807) is 18.2 Å². The summed E-state index contributed by atoms with van der Waals surface area (Å²) < 4.78 is 0. The highest BCUT2D eigenvalue weighted by Crippen LogP contribution is 2.21. The predicted octanol–water partition coefficient (Wildman–Crippen LogP) is 2.49. The lowest BCUT2D eigenvalue weighted by Crippen LogP contribution is -2.39. The fourth-order valence-corrected chi connectivity index (χ4v) is 3.67. The Morgan fingerprint density at radius 2 is 2.04 bits per heavy atom. The van der Waals surface area contributed by atoms with Crippen molar-refractivity contribution in [1.82, 2.24) is 5.32 Å². The van der Waals surface area contributed by atoms with Gasteiger partial charge in [0.1, 0.15) is 0 Å². The summed E-state index contributed by atoms with van der Waals surface area (Å²) in [7, 11) is 0. The number of aliphatic hydroxyl groups excluding tert-OH is 1. The van der Waals surface area contributed by atoms with Crippen LogP contribution in [-0.4, -0.2) is 29.7 Å². The Bertz CT molecular complexity index is 763. The van der Waals surface area contributed by atoms with E-state index in [9.17, 15) is 9.90 Å². The molecule has 0 radical (unpaired) electrons. The molecule has 1 aliphatic carbocycles. The van der Waals surface area contributed by atoms with Crippen LogP contribution in [0.5, 0.6) is 0 Å². The normalized spacial score (nSPS) is 17.8. The summed E-state index contributed by atoms with van der Waals surface area (Å²) in [5.74, 6) is -0.504. The highest BCUT2D eigenvalue weighted by molar-refractivity contribution is 6.30. The number of amides is 1. The highest BCUT2D eigenvalue weighted by atomic mass is 35.5. The van der Waals surface area contributed by atoms with E-state index in [-0.39, 0.29) is 0 Å². The highest BCUT2D eigenvalue weighted by Gasteiger charge is 2.19. The van der Waals surface area contributed by atoms with Crippen LogP contribution < -0.4 is 11.1 Å². The maximum Gasteiger partial charge on any atom is 0.248 e. The fraction of sp³-hybridized carbons (Fsp3) is 0.350. The van der Waals surface area contributed by atoms with E-state index < -0.39 is 12.0 Å². The lowest BCUT2D eigenvalue weighted by molar-refractivity contribution is 0.0998. The summed E-state index contributed by atoms with van der Waals surface area (Å²) >= 11 is 6.00. The van der Waals surface area contributed by atoms with Gasteiger partial charge in [0.15, 0.2) is 0 Å². The van der Waals surface area contributed by atoms with Crippen molar-refractivity contribution in [2.45, 2.75) is 37.8 Å². The zero-order valence-corrected chi connectivity index (χ0v) is 14.8. The number of hydrogen-bond donors (Lipinski definition) is 3. The molecule has 1 aliphatic rings. The lowest BCUT2D eigenvalue weighted by atomic mass is 9.88. The quantitative estimate of drug-likeness (QED) is 0.742. The van der Waals surface area contributed by atoms with Crippen LogP contribution in [0.15, 0.2) is 42.5 Å². The second kappa shape index (κ2) is 8.00. The fourth-order valence-electron chi connectivity index (χ4n) is 3.47. The number of nitrogens with one attached hydrogen (secondary N) is 1. The number of carbonyl (C=O) groups excluding carboxylic acids is 1. The summed E-state index contributed by atoms with van der Waals surface area (Å²) in [5, 5.41) is 14.3. The van der Waals surface area contributed by atoms with Crippen molar-refractivity contribution in [2.75, 3.05) is 6.54 Å². The molecule has 2 aromatic carbocycles. The number of benzene rings is 2. The van der Waals surface area contributed by atoms with Crippen molar-refractivity contribution in [2.24, 2.45) is 5.73 Å². The first kappa shape index (κ1) is 17.9. The molecule has 132 valence electrons. The molecule has 0 heterocycles. The number of aryl methyl sites for hydroxylation is 1. The van der Waals surface area contributed by atoms with Gasteiger partial charge in [0, 0.05) is 29.6 Å². The molecule has 1 amide bonds. The Kier molecular flexibility index (Phi) is 5.74. The molecule has 0 bridgehead atoms. The summed E-state index contributed by atoms with van der Waals surface area (Å²) in [6.07, 6.45) is 2.84. The van der Waals surface area contributed by atoms with Gasteiger partial charge in [-0.25, -0.2) is 0 Å². The van der Waals surface area contributed by atoms with Gasteiger partial charge in [-0.3, -0.25) is 4.79 Å². The Morgan fingerprint density at radius 1 is 1.28 bits per heavy atom. The monoisotopic (exact) mass is 358 g/mol. The topological polar surface area (TPSA) is 75.4 Å². The number of nitrogens with two attached hydrogens (primary N) is 1. The average Bonchev–Trinajstić information content (AvgIpc) is 2.59. The average molecular weight is 359 g/mol. The van der Waals surface area contributed by atoms with Crippen LogP contribution in [0.25, 0.3) is 0 Å². The van der Waals surface area contributed by atoms with Crippen molar-refractivity contribution in [3.8, 4) is 0 Å². The SMILES string of the molecule is NC(=O)c1ccc(Cl)cc1CC(O)CNC1CCc2ccccc2C1. The van der Waals surface area contributed by atoms with Crippen molar-refractivity contribution in [1.29, 1.82) is 0 Å². The third kappa shape index (κ3) is 4.60. The molecule has 2 atom stereocenters. The Hall–Kier alpha value is -1.88. The van der Waals surface area contributed by atoms with Gasteiger partial charge in [0.25, 0.3) is 0 Å². The third-order valence-electron chi connectivity index (χ3n) is 4.78. The van der Waals surface area contributed by atoms with E-state index in [0.29, 0.717) is 35.2 Å². The number of rotatable bonds is 6. The van der Waals surface area contributed by atoms with Gasteiger partial charge < -0.3 is 16.2 Å². The molecule has 0 spiro atoms. The largest absolute Gasteiger partial charge is 0.391 e. The minimum atomic E-state index is -0.603. The smallest absolute Gasteiger partial charge is 0.248 e. The van der Waals surface area contributed by atoms with Gasteiger partial charge >= 0.3 is 0 Å². The minimum Gasteiger partial charge on any atom is -0.391 e. The van der Waals surface area contributed by atoms with Crippen LogP contribution in [-0.2, 0) is 19.3 Å². The van der Waals surface area contributed by atoms with Crippen molar-refractivity contribution in [3.63, 3.8) is 0 Å². The molecule has 0 aromatic heterocycles. The predicted molar refractivity (Wildman–Crippen MR) is 99.9 cm³/mol. The van der Waals surface area contributed by atoms with Gasteiger partial charge in [-0.05, 0) is 54.2 Å². The molecule has 2 unspecified atom stereocenters. The Balaban J connectivity index is 1.56. The number of primary amides is 1. The standard InChI is InChI=1S/C20H23ClN2O2/c21-16-6-8-19(20(22)25)15(9-16)11-18(24)12-23-17-7-5-13-3-1-2-4-14(13)10-17/h1-4,6,8-9,17-18,23-24H,5,7,10-12H2,(H2,22,25). The Morgan fingerprint density at radius 3 is 2.80 bits per heavy atom. The van der Waals surface area contributed by atoms with E-state index in [1.807, 2.05) is 0 Å². The van der Waals surface area contributed by atoms with Gasteiger partial charge in [-0.1, -0.05) is 35.9 Å². The second-order valence-electron chi connectivity index (χ2n) is 6.64. The third-order valence-corrected chi connectivity index (χ3v) is 5.01. The van der Waals surface area contributed by atoms with Crippen LogP contribution in [0, 0.1) is 0 Å². The van der Waals surface area contributed by atoms with Crippen molar-refractivity contribution < 1.29 is 9.90 Å². The summed E-state index contributed by atoms with van der Waals surface area (Å²) in [4.78, 5) is 11.5. The molecule has 0 saturated heterocycles. The van der Waals surface area contributed by atoms with E-state index in [1.165, 1.54) is 11.1 Å². The molecule has 4 nitrogen and oxygen atoms in total. The van der Waals surface area contributed by atoms with Crippen molar-refractivity contribution in [3.05, 3.63) is 69.7 Å². The van der Waals surface area contributed by atoms with E-state index in [4.69, 9.17) is 17.3 Å². The molecule has 0 fully saturated rings. The summed E-state index contributed by atoms with van der Waals surface area (Å²) in [6, 6.07) is 13.8. The van der Waals surface area contributed by atoms with E-state index in [2.05, 4.69) is 29.6 Å². The van der Waals surface area contributed by atoms with Gasteiger partial charge in [0.2, 0.25) is 5.91 Å². The first-order valence-electron chi connectivity index (χ1n) is 8.59. The minimum absolute atomic E-state index is 0.342. The molecule has 3 rings (SSSR count). The first-order valence-corrected chi connectivity index (χ1v) is 8.97. The van der Waals surface area contributed by atoms with E-state index in [0.717, 1.165) is 19.3 Å². The van der Waals surface area contributed by atoms with Crippen molar-refractivity contribution >= 4 is 17.5 Å². The molecule has 25 heavy (non-hydrogen) atoms. The number of hydrogen-bond acceptors (Lipinski definition) is 3. The van der Waals surface area contributed by atoms with Crippen LogP contribution in [0.1, 0.15) is 33.5 Å². The van der Waals surface area contributed by atoms with Crippen LogP contribution in [0.3, 0.4) is 0 Å². The summed E-state index contributed by atoms with van der Waals surface area (Å²) in [6.45, 7) is 0.470. The molecule has 5 heteroatoms. The zero-order chi connectivity index (χ0) is 17.8. The van der Waals surface area contributed by atoms with Crippen LogP contribution in [0.2, 0.25) is 5.02 Å². The van der Waals surface area contributed by atoms with Gasteiger partial charge in [-0.2, -0.15) is 0 Å². The van der Waals surface area contributed by atoms with Gasteiger partial charge in [-0.15, -0.1) is 0 Å². The van der Waals surface area contributed by atoms with Crippen LogP contribution >= 0.6 is 11.6 Å². The maximum absolute atomic E-state index is 11.5. The zero-order valence-electron chi connectivity index (χ0n) is 14.0. The Labute approximate surface area is 153 Å². The maximum atomic E-state index is 11.5. The van der Waals surface area contributed by atoms with E-state index >= 15 is 0 Å². The summed E-state index contributed by atoms with van der Waals surface area (Å²) in [5.41, 5.74) is 9.30. The number of halogens is 1. The molecule has 2 aromatic rings. The number of aliphatic hydroxyl groups is 1. The molecular weight excluding hydrogens is 336 g/mol. The molecule has 4 N–H and O–H groups in total. The number of carbonyl (C=O) groups is 1. The van der Waals surface area contributed by atoms with Gasteiger partial charge in [0.05, 0.1) is 6.10 Å².